The van der Waals surface area contributed by atoms with Crippen LogP contribution in [0.5, 0.6) is 0 Å². The van der Waals surface area contributed by atoms with Gasteiger partial charge in [-0.05, 0) is 36.6 Å². The first kappa shape index (κ1) is 14.0. The van der Waals surface area contributed by atoms with Gasteiger partial charge in [-0.15, -0.1) is 0 Å². The zero-order chi connectivity index (χ0) is 13.1. The fourth-order valence-corrected chi connectivity index (χ4v) is 2.70. The minimum atomic E-state index is -3.10. The Balaban J connectivity index is 2.73. The Bertz CT molecular complexity index is 483. The Morgan fingerprint density at radius 2 is 2.00 bits per heavy atom. The zero-order valence-corrected chi connectivity index (χ0v) is 11.4. The Morgan fingerprint density at radius 1 is 1.35 bits per heavy atom. The van der Waals surface area contributed by atoms with Gasteiger partial charge in [0.25, 0.3) is 0 Å². The Kier molecular flexibility index (Phi) is 4.54. The molecule has 0 aliphatic heterocycles. The van der Waals surface area contributed by atoms with Crippen LogP contribution in [0.2, 0.25) is 0 Å². The van der Waals surface area contributed by atoms with Crippen LogP contribution >= 0.6 is 0 Å². The lowest BCUT2D eigenvalue weighted by Gasteiger charge is -2.18. The van der Waals surface area contributed by atoms with E-state index >= 15 is 0 Å². The Morgan fingerprint density at radius 3 is 2.47 bits per heavy atom. The summed E-state index contributed by atoms with van der Waals surface area (Å²) in [5.41, 5.74) is 8.66. The van der Waals surface area contributed by atoms with Gasteiger partial charge in [0.15, 0.2) is 0 Å². The van der Waals surface area contributed by atoms with E-state index in [-0.39, 0.29) is 0 Å². The molecule has 0 aliphatic carbocycles. The van der Waals surface area contributed by atoms with E-state index in [0.717, 1.165) is 16.8 Å². The fourth-order valence-electron chi connectivity index (χ4n) is 1.80. The first-order chi connectivity index (χ1) is 7.84. The summed E-state index contributed by atoms with van der Waals surface area (Å²) in [6.07, 6.45) is 1.96. The largest absolute Gasteiger partial charge is 0.399 e. The second-order valence-electron chi connectivity index (χ2n) is 4.19. The molecule has 96 valence electrons. The van der Waals surface area contributed by atoms with E-state index in [1.165, 1.54) is 10.6 Å². The molecule has 0 aliphatic rings. The third kappa shape index (κ3) is 4.02. The maximum Gasteiger partial charge on any atom is 0.211 e. The van der Waals surface area contributed by atoms with Gasteiger partial charge in [-0.1, -0.05) is 13.0 Å². The molecule has 0 aromatic heterocycles. The number of sulfonamides is 1. The second-order valence-corrected chi connectivity index (χ2v) is 6.17. The Hall–Kier alpha value is -1.07. The van der Waals surface area contributed by atoms with Crippen molar-refractivity contribution in [2.75, 3.05) is 25.1 Å². The molecular formula is C12H20N2O2S. The van der Waals surface area contributed by atoms with Gasteiger partial charge in [-0.2, -0.15) is 0 Å². The molecule has 0 amide bonds. The molecule has 0 spiro atoms. The van der Waals surface area contributed by atoms with E-state index in [4.69, 9.17) is 5.73 Å². The van der Waals surface area contributed by atoms with Crippen molar-refractivity contribution >= 4 is 15.7 Å². The van der Waals surface area contributed by atoms with Gasteiger partial charge in [-0.3, -0.25) is 0 Å². The van der Waals surface area contributed by atoms with Gasteiger partial charge in [0.05, 0.1) is 6.26 Å². The second kappa shape index (κ2) is 5.51. The van der Waals surface area contributed by atoms with Crippen molar-refractivity contribution in [1.82, 2.24) is 4.31 Å². The van der Waals surface area contributed by atoms with Crippen molar-refractivity contribution in [3.05, 3.63) is 29.3 Å². The van der Waals surface area contributed by atoms with Gasteiger partial charge < -0.3 is 5.73 Å². The maximum atomic E-state index is 11.4. The predicted octanol–water partition coefficient (Wildman–Crippen LogP) is 1.40. The summed E-state index contributed by atoms with van der Waals surface area (Å²) in [5.74, 6) is 0. The molecule has 17 heavy (non-hydrogen) atoms. The summed E-state index contributed by atoms with van der Waals surface area (Å²) >= 11 is 0. The molecule has 0 fully saturated rings. The van der Waals surface area contributed by atoms with E-state index in [1.807, 2.05) is 32.0 Å². The Labute approximate surface area is 103 Å². The molecule has 0 atom stereocenters. The summed E-state index contributed by atoms with van der Waals surface area (Å²) < 4.78 is 24.3. The number of hydrogen-bond acceptors (Lipinski definition) is 3. The lowest BCUT2D eigenvalue weighted by Crippen LogP contribution is -2.31. The number of hydrogen-bond donors (Lipinski definition) is 1. The lowest BCUT2D eigenvalue weighted by molar-refractivity contribution is 0.435. The fraction of sp³-hybridized carbons (Fsp3) is 0.500. The van der Waals surface area contributed by atoms with Gasteiger partial charge in [0.2, 0.25) is 10.0 Å². The number of anilines is 1. The summed E-state index contributed by atoms with van der Waals surface area (Å²) in [7, 11) is -3.10. The molecule has 4 nitrogen and oxygen atoms in total. The number of benzene rings is 1. The van der Waals surface area contributed by atoms with Gasteiger partial charge in [-0.25, -0.2) is 12.7 Å². The molecule has 0 saturated carbocycles. The van der Waals surface area contributed by atoms with Crippen molar-refractivity contribution in [3.63, 3.8) is 0 Å². The topological polar surface area (TPSA) is 63.4 Å². The van der Waals surface area contributed by atoms with Crippen LogP contribution in [-0.2, 0) is 16.4 Å². The number of rotatable bonds is 5. The van der Waals surface area contributed by atoms with Crippen molar-refractivity contribution in [2.24, 2.45) is 0 Å². The van der Waals surface area contributed by atoms with Crippen molar-refractivity contribution in [3.8, 4) is 0 Å². The molecule has 0 saturated heterocycles. The lowest BCUT2D eigenvalue weighted by atomic mass is 10.1. The van der Waals surface area contributed by atoms with Crippen LogP contribution < -0.4 is 5.73 Å². The summed E-state index contributed by atoms with van der Waals surface area (Å²) in [6, 6.07) is 5.71. The van der Waals surface area contributed by atoms with Crippen molar-refractivity contribution < 1.29 is 8.42 Å². The monoisotopic (exact) mass is 256 g/mol. The van der Waals surface area contributed by atoms with Crippen LogP contribution in [0.3, 0.4) is 0 Å². The van der Waals surface area contributed by atoms with Gasteiger partial charge >= 0.3 is 0 Å². The average Bonchev–Trinajstić information content (AvgIpc) is 2.19. The number of aryl methyl sites for hydroxylation is 1. The SMILES string of the molecule is CCN(CCc1ccc(N)cc1C)S(C)(=O)=O. The van der Waals surface area contributed by atoms with Gasteiger partial charge in [0.1, 0.15) is 0 Å². The standard InChI is InChI=1S/C12H20N2O2S/c1-4-14(17(3,15)16)8-7-11-5-6-12(13)9-10(11)2/h5-6,9H,4,7-8,13H2,1-3H3. The van der Waals surface area contributed by atoms with Crippen LogP contribution in [-0.4, -0.2) is 32.1 Å². The van der Waals surface area contributed by atoms with Crippen LogP contribution in [0.1, 0.15) is 18.1 Å². The van der Waals surface area contributed by atoms with E-state index in [9.17, 15) is 8.42 Å². The first-order valence-corrected chi connectivity index (χ1v) is 7.49. The highest BCUT2D eigenvalue weighted by molar-refractivity contribution is 7.88. The molecule has 0 radical (unpaired) electrons. The highest BCUT2D eigenvalue weighted by atomic mass is 32.2. The summed E-state index contributed by atoms with van der Waals surface area (Å²) in [6.45, 7) is 4.85. The quantitative estimate of drug-likeness (QED) is 0.810. The van der Waals surface area contributed by atoms with Crippen molar-refractivity contribution in [2.45, 2.75) is 20.3 Å². The van der Waals surface area contributed by atoms with Crippen LogP contribution in [0.25, 0.3) is 0 Å². The zero-order valence-electron chi connectivity index (χ0n) is 10.6. The molecule has 1 aromatic rings. The third-order valence-corrected chi connectivity index (χ3v) is 4.20. The first-order valence-electron chi connectivity index (χ1n) is 5.64. The number of nitrogen functional groups attached to an aromatic ring is 1. The maximum absolute atomic E-state index is 11.4. The van der Waals surface area contributed by atoms with E-state index in [2.05, 4.69) is 0 Å². The minimum absolute atomic E-state index is 0.507. The number of nitrogens with zero attached hydrogens (tertiary/aromatic N) is 1. The van der Waals surface area contributed by atoms with E-state index in [0.29, 0.717) is 19.5 Å². The summed E-state index contributed by atoms with van der Waals surface area (Å²) in [5, 5.41) is 0. The summed E-state index contributed by atoms with van der Waals surface area (Å²) in [4.78, 5) is 0. The van der Waals surface area contributed by atoms with Crippen LogP contribution in [0.4, 0.5) is 5.69 Å². The number of nitrogens with two attached hydrogens (primary N) is 1. The highest BCUT2D eigenvalue weighted by Gasteiger charge is 2.14. The molecular weight excluding hydrogens is 236 g/mol. The van der Waals surface area contributed by atoms with Gasteiger partial charge in [0, 0.05) is 18.8 Å². The molecule has 0 bridgehead atoms. The van der Waals surface area contributed by atoms with Crippen LogP contribution in [0.15, 0.2) is 18.2 Å². The molecule has 0 unspecified atom stereocenters. The molecule has 5 heteroatoms. The molecule has 0 heterocycles. The molecule has 1 aromatic carbocycles. The predicted molar refractivity (Wildman–Crippen MR) is 71.4 cm³/mol. The highest BCUT2D eigenvalue weighted by Crippen LogP contribution is 2.14. The van der Waals surface area contributed by atoms with Crippen LogP contribution in [0, 0.1) is 6.92 Å². The van der Waals surface area contributed by atoms with Crippen molar-refractivity contribution in [1.29, 1.82) is 0 Å². The van der Waals surface area contributed by atoms with E-state index < -0.39 is 10.0 Å². The third-order valence-electron chi connectivity index (χ3n) is 2.82. The smallest absolute Gasteiger partial charge is 0.211 e. The normalized spacial score (nSPS) is 12.0. The van der Waals surface area contributed by atoms with E-state index in [1.54, 1.807) is 0 Å². The average molecular weight is 256 g/mol. The molecule has 2 N–H and O–H groups in total. The minimum Gasteiger partial charge on any atom is -0.399 e. The number of likely N-dealkylation sites (N-methyl/N-ethyl adjacent to an activating group) is 1. The molecule has 1 rings (SSSR count).